The van der Waals surface area contributed by atoms with E-state index in [0.29, 0.717) is 23.5 Å². The fourth-order valence-electron chi connectivity index (χ4n) is 3.11. The predicted octanol–water partition coefficient (Wildman–Crippen LogP) is 4.97. The molecule has 0 saturated heterocycles. The Labute approximate surface area is 176 Å². The van der Waals surface area contributed by atoms with E-state index in [0.717, 1.165) is 6.42 Å². The molecule has 1 N–H and O–H groups in total. The second-order valence-electron chi connectivity index (χ2n) is 6.94. The van der Waals surface area contributed by atoms with Crippen molar-refractivity contribution in [2.24, 2.45) is 0 Å². The van der Waals surface area contributed by atoms with E-state index in [4.69, 9.17) is 4.74 Å². The maximum Gasteiger partial charge on any atom is 0.185 e. The van der Waals surface area contributed by atoms with Crippen LogP contribution in [0.15, 0.2) is 83.8 Å². The molecule has 0 bridgehead atoms. The Morgan fingerprint density at radius 1 is 0.933 bits per heavy atom. The van der Waals surface area contributed by atoms with E-state index >= 15 is 0 Å². The SMILES string of the molecule is CCCOc1ccc(C(CC(=O)c2ccc(O)cc2)S(=O)(=O)c2ccccc2)cc1. The van der Waals surface area contributed by atoms with Gasteiger partial charge in [-0.25, -0.2) is 8.42 Å². The maximum absolute atomic E-state index is 13.4. The molecule has 3 aromatic carbocycles. The van der Waals surface area contributed by atoms with E-state index in [2.05, 4.69) is 0 Å². The Morgan fingerprint density at radius 3 is 2.17 bits per heavy atom. The lowest BCUT2D eigenvalue weighted by atomic mass is 10.0. The van der Waals surface area contributed by atoms with Crippen LogP contribution in [0, 0.1) is 0 Å². The molecule has 0 spiro atoms. The van der Waals surface area contributed by atoms with Crippen molar-refractivity contribution in [3.8, 4) is 11.5 Å². The van der Waals surface area contributed by atoms with Crippen molar-refractivity contribution in [3.63, 3.8) is 0 Å². The van der Waals surface area contributed by atoms with E-state index in [-0.39, 0.29) is 22.8 Å². The summed E-state index contributed by atoms with van der Waals surface area (Å²) in [5.74, 6) is 0.384. The van der Waals surface area contributed by atoms with Crippen molar-refractivity contribution in [1.29, 1.82) is 0 Å². The van der Waals surface area contributed by atoms with Gasteiger partial charge in [-0.05, 0) is 60.5 Å². The predicted molar refractivity (Wildman–Crippen MR) is 116 cm³/mol. The van der Waals surface area contributed by atoms with Crippen LogP contribution in [0.1, 0.15) is 40.9 Å². The molecule has 0 aliphatic carbocycles. The highest BCUT2D eigenvalue weighted by molar-refractivity contribution is 7.91. The van der Waals surface area contributed by atoms with E-state index in [1.54, 1.807) is 42.5 Å². The third-order valence-corrected chi connectivity index (χ3v) is 6.85. The molecule has 0 heterocycles. The van der Waals surface area contributed by atoms with Gasteiger partial charge >= 0.3 is 0 Å². The summed E-state index contributed by atoms with van der Waals surface area (Å²) in [6.45, 7) is 2.58. The highest BCUT2D eigenvalue weighted by atomic mass is 32.2. The van der Waals surface area contributed by atoms with E-state index < -0.39 is 15.1 Å². The Kier molecular flexibility index (Phi) is 6.90. The van der Waals surface area contributed by atoms with Crippen molar-refractivity contribution in [1.82, 2.24) is 0 Å². The molecule has 0 aromatic heterocycles. The van der Waals surface area contributed by atoms with Gasteiger partial charge in [0.2, 0.25) is 0 Å². The molecule has 0 radical (unpaired) electrons. The molecule has 6 heteroatoms. The van der Waals surface area contributed by atoms with Gasteiger partial charge < -0.3 is 9.84 Å². The number of ketones is 1. The van der Waals surface area contributed by atoms with Gasteiger partial charge in [-0.1, -0.05) is 37.3 Å². The number of carbonyl (C=O) groups excluding carboxylic acids is 1. The standard InChI is InChI=1S/C24H24O5S/c1-2-16-29-21-14-10-19(11-15-21)24(30(27,28)22-6-4-3-5-7-22)17-23(26)18-8-12-20(25)13-9-18/h3-15,24-25H,2,16-17H2,1H3. The molecule has 0 fully saturated rings. The van der Waals surface area contributed by atoms with Crippen molar-refractivity contribution >= 4 is 15.6 Å². The van der Waals surface area contributed by atoms with Gasteiger partial charge in [-0.3, -0.25) is 4.79 Å². The van der Waals surface area contributed by atoms with Crippen molar-refractivity contribution in [2.45, 2.75) is 29.9 Å². The Morgan fingerprint density at radius 2 is 1.57 bits per heavy atom. The first-order valence-electron chi connectivity index (χ1n) is 9.75. The molecule has 0 amide bonds. The highest BCUT2D eigenvalue weighted by Gasteiger charge is 2.31. The third-order valence-electron chi connectivity index (χ3n) is 4.73. The lowest BCUT2D eigenvalue weighted by Gasteiger charge is -2.18. The quantitative estimate of drug-likeness (QED) is 0.491. The number of carbonyl (C=O) groups is 1. The minimum atomic E-state index is -3.81. The first-order valence-corrected chi connectivity index (χ1v) is 11.3. The number of phenolic OH excluding ortho intramolecular Hbond substituents is 1. The molecule has 3 aromatic rings. The fraction of sp³-hybridized carbons (Fsp3) is 0.208. The monoisotopic (exact) mass is 424 g/mol. The summed E-state index contributed by atoms with van der Waals surface area (Å²) in [4.78, 5) is 13.0. The lowest BCUT2D eigenvalue weighted by Crippen LogP contribution is -2.18. The number of benzene rings is 3. The van der Waals surface area contributed by atoms with Crippen LogP contribution in [-0.4, -0.2) is 25.9 Å². The van der Waals surface area contributed by atoms with Crippen LogP contribution >= 0.6 is 0 Å². The molecule has 0 saturated carbocycles. The van der Waals surface area contributed by atoms with Gasteiger partial charge in [-0.15, -0.1) is 0 Å². The number of aromatic hydroxyl groups is 1. The van der Waals surface area contributed by atoms with Gasteiger partial charge in [0.05, 0.1) is 16.8 Å². The molecule has 0 aliphatic rings. The van der Waals surface area contributed by atoms with E-state index in [1.165, 1.54) is 36.4 Å². The first-order chi connectivity index (χ1) is 14.4. The number of ether oxygens (including phenoxy) is 1. The zero-order valence-electron chi connectivity index (χ0n) is 16.7. The second-order valence-corrected chi connectivity index (χ2v) is 9.07. The first kappa shape index (κ1) is 21.6. The van der Waals surface area contributed by atoms with Crippen molar-refractivity contribution in [2.75, 3.05) is 6.61 Å². The highest BCUT2D eigenvalue weighted by Crippen LogP contribution is 2.34. The minimum Gasteiger partial charge on any atom is -0.508 e. The van der Waals surface area contributed by atoms with Gasteiger partial charge in [0.1, 0.15) is 11.5 Å². The van der Waals surface area contributed by atoms with Crippen LogP contribution in [0.2, 0.25) is 0 Å². The Balaban J connectivity index is 1.96. The fourth-order valence-corrected chi connectivity index (χ4v) is 4.86. The number of phenols is 1. The Hall–Kier alpha value is -3.12. The molecule has 156 valence electrons. The third kappa shape index (κ3) is 5.07. The largest absolute Gasteiger partial charge is 0.508 e. The molecular weight excluding hydrogens is 400 g/mol. The lowest BCUT2D eigenvalue weighted by molar-refractivity contribution is 0.0980. The summed E-state index contributed by atoms with van der Waals surface area (Å²) in [6.07, 6.45) is 0.658. The zero-order chi connectivity index (χ0) is 21.6. The van der Waals surface area contributed by atoms with Gasteiger partial charge in [0.25, 0.3) is 0 Å². The normalized spacial score (nSPS) is 12.3. The summed E-state index contributed by atoms with van der Waals surface area (Å²) in [6, 6.07) is 20.8. The van der Waals surface area contributed by atoms with Crippen LogP contribution in [0.3, 0.4) is 0 Å². The average Bonchev–Trinajstić information content (AvgIpc) is 2.77. The van der Waals surface area contributed by atoms with Crippen LogP contribution < -0.4 is 4.74 Å². The van der Waals surface area contributed by atoms with E-state index in [9.17, 15) is 18.3 Å². The Bertz CT molecular complexity index is 1070. The molecular formula is C24H24O5S. The average molecular weight is 425 g/mol. The molecule has 5 nitrogen and oxygen atoms in total. The van der Waals surface area contributed by atoms with Gasteiger partial charge in [-0.2, -0.15) is 0 Å². The van der Waals surface area contributed by atoms with Crippen molar-refractivity contribution < 1.29 is 23.1 Å². The number of sulfone groups is 1. The number of Topliss-reactive ketones (excluding diaryl/α,β-unsaturated/α-hetero) is 1. The molecule has 30 heavy (non-hydrogen) atoms. The van der Waals surface area contributed by atoms with Gasteiger partial charge in [0.15, 0.2) is 15.6 Å². The maximum atomic E-state index is 13.4. The number of hydrogen-bond acceptors (Lipinski definition) is 5. The molecule has 3 rings (SSSR count). The summed E-state index contributed by atoms with van der Waals surface area (Å²) in [7, 11) is -3.81. The molecule has 1 atom stereocenters. The van der Waals surface area contributed by atoms with E-state index in [1.807, 2.05) is 6.92 Å². The topological polar surface area (TPSA) is 80.7 Å². The van der Waals surface area contributed by atoms with Crippen LogP contribution in [0.25, 0.3) is 0 Å². The smallest absolute Gasteiger partial charge is 0.185 e. The van der Waals surface area contributed by atoms with Crippen LogP contribution in [-0.2, 0) is 9.84 Å². The van der Waals surface area contributed by atoms with Gasteiger partial charge in [0, 0.05) is 12.0 Å². The number of hydrogen-bond donors (Lipinski definition) is 1. The summed E-state index contributed by atoms with van der Waals surface area (Å²) < 4.78 is 32.4. The molecule has 0 aliphatic heterocycles. The summed E-state index contributed by atoms with van der Waals surface area (Å²) in [5, 5.41) is 8.40. The van der Waals surface area contributed by atoms with Crippen LogP contribution in [0.4, 0.5) is 0 Å². The second kappa shape index (κ2) is 9.59. The summed E-state index contributed by atoms with van der Waals surface area (Å²) >= 11 is 0. The minimum absolute atomic E-state index is 0.0441. The summed E-state index contributed by atoms with van der Waals surface area (Å²) in [5.41, 5.74) is 0.874. The molecule has 1 unspecified atom stereocenters. The van der Waals surface area contributed by atoms with Crippen LogP contribution in [0.5, 0.6) is 11.5 Å². The zero-order valence-corrected chi connectivity index (χ0v) is 17.5. The number of rotatable bonds is 9. The van der Waals surface area contributed by atoms with Crippen molar-refractivity contribution in [3.05, 3.63) is 90.0 Å².